The van der Waals surface area contributed by atoms with Gasteiger partial charge in [-0.2, -0.15) is 0 Å². The van der Waals surface area contributed by atoms with Crippen LogP contribution in [0.15, 0.2) is 79.1 Å². The number of amides is 3. The number of carbonyl (C=O) groups is 4. The highest BCUT2D eigenvalue weighted by Gasteiger charge is 2.38. The summed E-state index contributed by atoms with van der Waals surface area (Å²) in [4.78, 5) is 66.6. The molecule has 4 aliphatic rings. The molecule has 1 atom stereocenters. The third-order valence-corrected chi connectivity index (χ3v) is 12.0. The summed E-state index contributed by atoms with van der Waals surface area (Å²) in [6.07, 6.45) is 4.50. The van der Waals surface area contributed by atoms with Gasteiger partial charge >= 0.3 is 0 Å². The zero-order valence-corrected chi connectivity index (χ0v) is 33.2. The maximum atomic E-state index is 13.2. The van der Waals surface area contributed by atoms with Gasteiger partial charge < -0.3 is 20.7 Å². The van der Waals surface area contributed by atoms with Gasteiger partial charge in [0, 0.05) is 89.0 Å². The number of hydrogen-bond acceptors (Lipinski definition) is 13. The first-order valence-corrected chi connectivity index (χ1v) is 20.3. The van der Waals surface area contributed by atoms with Crippen molar-refractivity contribution in [3.05, 3.63) is 107 Å². The highest BCUT2D eigenvalue weighted by Crippen LogP contribution is 2.29. The van der Waals surface area contributed by atoms with Crippen molar-refractivity contribution >= 4 is 41.4 Å². The summed E-state index contributed by atoms with van der Waals surface area (Å²) in [6.45, 7) is 7.84. The van der Waals surface area contributed by atoms with Crippen LogP contribution in [0.1, 0.15) is 63.1 Å². The number of likely N-dealkylation sites (N-methyl/N-ethyl adjacent to an activating group) is 1. The van der Waals surface area contributed by atoms with Crippen molar-refractivity contribution in [2.45, 2.75) is 50.4 Å². The Bertz CT molecular complexity index is 2200. The van der Waals surface area contributed by atoms with Crippen LogP contribution >= 0.6 is 0 Å². The number of imide groups is 1. The number of piperidine rings is 2. The van der Waals surface area contributed by atoms with E-state index in [0.717, 1.165) is 70.0 Å². The number of rotatable bonds is 14. The quantitative estimate of drug-likeness (QED) is 0.0825. The van der Waals surface area contributed by atoms with E-state index in [1.165, 1.54) is 18.3 Å². The molecule has 15 nitrogen and oxygen atoms in total. The lowest BCUT2D eigenvalue weighted by Gasteiger charge is -2.50. The molecule has 306 valence electrons. The number of aldehydes is 1. The molecule has 15 heteroatoms. The number of nitrogens with two attached hydrogens (primary N) is 1. The van der Waals surface area contributed by atoms with Crippen LogP contribution in [0.3, 0.4) is 0 Å². The Morgan fingerprint density at radius 2 is 1.69 bits per heavy atom. The minimum atomic E-state index is -0.750. The van der Waals surface area contributed by atoms with Crippen LogP contribution in [0, 0.1) is 11.3 Å². The predicted molar refractivity (Wildman–Crippen MR) is 223 cm³/mol. The lowest BCUT2D eigenvalue weighted by Crippen LogP contribution is -2.63. The van der Waals surface area contributed by atoms with Gasteiger partial charge in [0.2, 0.25) is 11.8 Å². The van der Waals surface area contributed by atoms with Crippen LogP contribution in [0.25, 0.3) is 0 Å². The highest BCUT2D eigenvalue weighted by molar-refractivity contribution is 6.16. The standard InChI is InChI=1S/C44H50N10O5/c1-51(37-13-14-38(56)50-43(37)57)44(58)36-12-7-28(19-31(36)26-55)20-52-21-29(22-52)23-53-24-33(25-53)54-17-15-32(16-18-54)49-42-39(41(46)47-27-48-42)40(45)30-8-10-35(11-9-30)59-34-5-3-2-4-6-34/h2-12,19,26-27,29,32-33,37,45H,13-18,20-25H2,1H3,(H,50,56,57)(H3,46,47,48,49). The average molecular weight is 799 g/mol. The second kappa shape index (κ2) is 17.4. The van der Waals surface area contributed by atoms with Gasteiger partial charge in [-0.1, -0.05) is 24.3 Å². The Labute approximate surface area is 343 Å². The summed E-state index contributed by atoms with van der Waals surface area (Å²) in [5.41, 5.74) is 9.30. The number of para-hydroxylation sites is 1. The van der Waals surface area contributed by atoms with Crippen molar-refractivity contribution in [3.8, 4) is 11.5 Å². The molecule has 1 unspecified atom stereocenters. The van der Waals surface area contributed by atoms with Gasteiger partial charge in [-0.05, 0) is 79.3 Å². The van der Waals surface area contributed by atoms with Crippen LogP contribution in [-0.4, -0.2) is 130 Å². The average Bonchev–Trinajstić information content (AvgIpc) is 3.21. The first-order valence-electron chi connectivity index (χ1n) is 20.3. The second-order valence-electron chi connectivity index (χ2n) is 16.1. The summed E-state index contributed by atoms with van der Waals surface area (Å²) in [7, 11) is 1.53. The predicted octanol–water partition coefficient (Wildman–Crippen LogP) is 3.65. The lowest BCUT2D eigenvalue weighted by atomic mass is 9.94. The topological polar surface area (TPSA) is 190 Å². The van der Waals surface area contributed by atoms with Crippen LogP contribution < -0.4 is 21.1 Å². The molecule has 4 aliphatic heterocycles. The largest absolute Gasteiger partial charge is 0.457 e. The molecule has 0 bridgehead atoms. The number of nitrogens with one attached hydrogen (secondary N) is 3. The summed E-state index contributed by atoms with van der Waals surface area (Å²) in [6, 6.07) is 22.3. The van der Waals surface area contributed by atoms with Gasteiger partial charge in [0.1, 0.15) is 35.5 Å². The van der Waals surface area contributed by atoms with Gasteiger partial charge in [-0.15, -0.1) is 0 Å². The Morgan fingerprint density at radius 1 is 0.966 bits per heavy atom. The van der Waals surface area contributed by atoms with E-state index in [4.69, 9.17) is 15.9 Å². The fraction of sp³-hybridized carbons (Fsp3) is 0.386. The molecule has 5 heterocycles. The zero-order chi connectivity index (χ0) is 41.0. The number of ether oxygens (including phenoxy) is 1. The van der Waals surface area contributed by atoms with E-state index < -0.39 is 17.9 Å². The van der Waals surface area contributed by atoms with E-state index in [0.29, 0.717) is 53.0 Å². The number of nitrogen functional groups attached to an aromatic ring is 1. The van der Waals surface area contributed by atoms with Crippen molar-refractivity contribution in [2.75, 3.05) is 63.9 Å². The molecular weight excluding hydrogens is 749 g/mol. The van der Waals surface area contributed by atoms with Crippen molar-refractivity contribution in [2.24, 2.45) is 5.92 Å². The zero-order valence-electron chi connectivity index (χ0n) is 33.2. The maximum Gasteiger partial charge on any atom is 0.255 e. The van der Waals surface area contributed by atoms with Gasteiger partial charge in [-0.3, -0.25) is 44.6 Å². The minimum Gasteiger partial charge on any atom is -0.457 e. The number of aromatic nitrogens is 2. The maximum absolute atomic E-state index is 13.2. The summed E-state index contributed by atoms with van der Waals surface area (Å²) < 4.78 is 5.92. The van der Waals surface area contributed by atoms with E-state index in [9.17, 15) is 19.2 Å². The van der Waals surface area contributed by atoms with E-state index >= 15 is 0 Å². The normalized spacial score (nSPS) is 19.6. The van der Waals surface area contributed by atoms with E-state index in [2.05, 4.69) is 35.3 Å². The first kappa shape index (κ1) is 39.8. The molecule has 0 aliphatic carbocycles. The Morgan fingerprint density at radius 3 is 2.41 bits per heavy atom. The molecule has 8 rings (SSSR count). The molecule has 1 aromatic heterocycles. The van der Waals surface area contributed by atoms with E-state index in [1.54, 1.807) is 12.1 Å². The van der Waals surface area contributed by atoms with Gasteiger partial charge in [-0.25, -0.2) is 9.97 Å². The van der Waals surface area contributed by atoms with Gasteiger partial charge in [0.25, 0.3) is 5.91 Å². The van der Waals surface area contributed by atoms with Crippen LogP contribution in [0.4, 0.5) is 11.6 Å². The van der Waals surface area contributed by atoms with Crippen LogP contribution in [-0.2, 0) is 16.1 Å². The number of benzene rings is 3. The second-order valence-corrected chi connectivity index (χ2v) is 16.1. The van der Waals surface area contributed by atoms with Gasteiger partial charge in [0.15, 0.2) is 6.29 Å². The van der Waals surface area contributed by atoms with Crippen molar-refractivity contribution in [1.82, 2.24) is 34.9 Å². The van der Waals surface area contributed by atoms with E-state index in [-0.39, 0.29) is 41.9 Å². The Hall–Kier alpha value is -6.03. The Balaban J connectivity index is 0.758. The number of likely N-dealkylation sites (tertiary alicyclic amines) is 3. The molecule has 59 heavy (non-hydrogen) atoms. The summed E-state index contributed by atoms with van der Waals surface area (Å²) in [5.74, 6) is 1.62. The highest BCUT2D eigenvalue weighted by atomic mass is 16.5. The fourth-order valence-electron chi connectivity index (χ4n) is 8.67. The SMILES string of the molecule is CN(C(=O)c1ccc(CN2CC(CN3CC(N4CCC(Nc5ncnc(N)c5C(=N)c5ccc(Oc6ccccc6)cc5)CC4)C3)C2)cc1C=O)C1CCC(=O)NC1=O. The lowest BCUT2D eigenvalue weighted by molar-refractivity contribution is -0.136. The Kier molecular flexibility index (Phi) is 11.8. The molecule has 0 saturated carbocycles. The molecule has 4 saturated heterocycles. The fourth-order valence-corrected chi connectivity index (χ4v) is 8.67. The number of nitrogens with zero attached hydrogens (tertiary/aromatic N) is 6. The van der Waals surface area contributed by atoms with Gasteiger partial charge in [0.05, 0.1) is 16.8 Å². The molecule has 3 aromatic carbocycles. The third-order valence-electron chi connectivity index (χ3n) is 12.0. The van der Waals surface area contributed by atoms with Crippen molar-refractivity contribution < 1.29 is 23.9 Å². The number of carbonyl (C=O) groups excluding carboxylic acids is 4. The number of anilines is 2. The monoisotopic (exact) mass is 798 g/mol. The molecule has 3 amide bonds. The molecule has 5 N–H and O–H groups in total. The molecule has 4 fully saturated rings. The molecular formula is C44H50N10O5. The smallest absolute Gasteiger partial charge is 0.255 e. The first-order chi connectivity index (χ1) is 28.6. The number of hydrogen-bond donors (Lipinski definition) is 4. The summed E-state index contributed by atoms with van der Waals surface area (Å²) >= 11 is 0. The van der Waals surface area contributed by atoms with Crippen molar-refractivity contribution in [3.63, 3.8) is 0 Å². The molecule has 0 radical (unpaired) electrons. The van der Waals surface area contributed by atoms with Crippen LogP contribution in [0.5, 0.6) is 11.5 Å². The van der Waals surface area contributed by atoms with Crippen molar-refractivity contribution in [1.29, 1.82) is 5.41 Å². The molecule has 4 aromatic rings. The van der Waals surface area contributed by atoms with Crippen LogP contribution in [0.2, 0.25) is 0 Å². The summed E-state index contributed by atoms with van der Waals surface area (Å²) in [5, 5.41) is 14.9. The minimum absolute atomic E-state index is 0.170. The molecule has 0 spiro atoms. The third kappa shape index (κ3) is 9.02. The van der Waals surface area contributed by atoms with E-state index in [1.807, 2.05) is 60.7 Å².